The molecule has 1 fully saturated rings. The minimum Gasteiger partial charge on any atom is -0.480 e. The maximum atomic E-state index is 12.0. The number of rotatable bonds is 7. The van der Waals surface area contributed by atoms with Crippen molar-refractivity contribution < 1.29 is 19.4 Å². The van der Waals surface area contributed by atoms with Crippen molar-refractivity contribution in [2.45, 2.75) is 18.9 Å². The summed E-state index contributed by atoms with van der Waals surface area (Å²) in [5.74, 6) is 0.0871. The molecular weight excluding hydrogens is 268 g/mol. The van der Waals surface area contributed by atoms with Gasteiger partial charge in [0.15, 0.2) is 0 Å². The number of nitrogens with zero attached hydrogens (tertiary/aromatic N) is 1. The van der Waals surface area contributed by atoms with Gasteiger partial charge in [-0.15, -0.1) is 0 Å². The van der Waals surface area contributed by atoms with E-state index in [1.165, 1.54) is 0 Å². The number of ether oxygens (including phenoxy) is 1. The quantitative estimate of drug-likeness (QED) is 0.727. The van der Waals surface area contributed by atoms with Gasteiger partial charge < -0.3 is 20.1 Å². The van der Waals surface area contributed by atoms with E-state index >= 15 is 0 Å². The largest absolute Gasteiger partial charge is 0.480 e. The molecule has 19 heavy (non-hydrogen) atoms. The number of thioether (sulfide) groups is 1. The molecule has 1 heterocycles. The van der Waals surface area contributed by atoms with Crippen LogP contribution in [0.3, 0.4) is 0 Å². The zero-order valence-electron chi connectivity index (χ0n) is 11.4. The highest BCUT2D eigenvalue weighted by molar-refractivity contribution is 7.98. The summed E-state index contributed by atoms with van der Waals surface area (Å²) >= 11 is 1.57. The number of nitrogens with one attached hydrogen (secondary N) is 1. The Morgan fingerprint density at radius 2 is 2.32 bits per heavy atom. The van der Waals surface area contributed by atoms with Crippen molar-refractivity contribution in [1.29, 1.82) is 0 Å². The standard InChI is InChI=1S/C12H22N2O4S/c1-18-8-9-3-5-14(7-9)12(17)13-10(11(15)16)4-6-19-2/h9-10H,3-8H2,1-2H3,(H,13,17)(H,15,16). The van der Waals surface area contributed by atoms with Gasteiger partial charge in [0, 0.05) is 26.1 Å². The third-order valence-corrected chi connectivity index (χ3v) is 3.83. The Balaban J connectivity index is 2.42. The molecule has 0 spiro atoms. The molecule has 1 rings (SSSR count). The van der Waals surface area contributed by atoms with E-state index in [9.17, 15) is 9.59 Å². The average molecular weight is 290 g/mol. The zero-order valence-corrected chi connectivity index (χ0v) is 12.2. The number of hydrogen-bond acceptors (Lipinski definition) is 4. The number of aliphatic carboxylic acids is 1. The molecule has 0 radical (unpaired) electrons. The van der Waals surface area contributed by atoms with Gasteiger partial charge in [-0.2, -0.15) is 11.8 Å². The molecule has 2 N–H and O–H groups in total. The molecule has 0 aromatic carbocycles. The van der Waals surface area contributed by atoms with Gasteiger partial charge >= 0.3 is 12.0 Å². The van der Waals surface area contributed by atoms with Crippen molar-refractivity contribution in [2.75, 3.05) is 38.8 Å². The fourth-order valence-electron chi connectivity index (χ4n) is 2.12. The second kappa shape index (κ2) is 8.27. The van der Waals surface area contributed by atoms with E-state index in [1.807, 2.05) is 6.26 Å². The molecule has 2 amide bonds. The molecule has 0 saturated carbocycles. The fraction of sp³-hybridized carbons (Fsp3) is 0.833. The summed E-state index contributed by atoms with van der Waals surface area (Å²) in [6, 6.07) is -1.09. The number of hydrogen-bond donors (Lipinski definition) is 2. The Morgan fingerprint density at radius 1 is 1.58 bits per heavy atom. The number of carboxylic acids is 1. The first-order valence-electron chi connectivity index (χ1n) is 6.34. The highest BCUT2D eigenvalue weighted by atomic mass is 32.2. The Labute approximate surface area is 117 Å². The molecule has 110 valence electrons. The lowest BCUT2D eigenvalue weighted by atomic mass is 10.1. The molecular formula is C12H22N2O4S. The van der Waals surface area contributed by atoms with Crippen LogP contribution in [0.2, 0.25) is 0 Å². The number of likely N-dealkylation sites (tertiary alicyclic amines) is 1. The van der Waals surface area contributed by atoms with Gasteiger partial charge in [0.1, 0.15) is 6.04 Å². The number of carboxylic acid groups (broad SMARTS) is 1. The average Bonchev–Trinajstić information content (AvgIpc) is 2.83. The lowest BCUT2D eigenvalue weighted by molar-refractivity contribution is -0.139. The van der Waals surface area contributed by atoms with E-state index in [4.69, 9.17) is 9.84 Å². The van der Waals surface area contributed by atoms with Crippen LogP contribution >= 0.6 is 11.8 Å². The van der Waals surface area contributed by atoms with E-state index in [0.29, 0.717) is 37.8 Å². The number of amides is 2. The van der Waals surface area contributed by atoms with Crippen LogP contribution in [0.25, 0.3) is 0 Å². The molecule has 0 aliphatic carbocycles. The van der Waals surface area contributed by atoms with E-state index in [2.05, 4.69) is 5.32 Å². The summed E-state index contributed by atoms with van der Waals surface area (Å²) in [6.45, 7) is 1.93. The summed E-state index contributed by atoms with van der Waals surface area (Å²) in [5.41, 5.74) is 0. The smallest absolute Gasteiger partial charge is 0.326 e. The third kappa shape index (κ3) is 5.28. The fourth-order valence-corrected chi connectivity index (χ4v) is 2.59. The predicted molar refractivity (Wildman–Crippen MR) is 74.5 cm³/mol. The summed E-state index contributed by atoms with van der Waals surface area (Å²) < 4.78 is 5.07. The first-order valence-corrected chi connectivity index (χ1v) is 7.74. The second-order valence-electron chi connectivity index (χ2n) is 4.68. The van der Waals surface area contributed by atoms with Crippen LogP contribution in [0.5, 0.6) is 0 Å². The van der Waals surface area contributed by atoms with E-state index < -0.39 is 12.0 Å². The van der Waals surface area contributed by atoms with Crippen LogP contribution in [0.4, 0.5) is 4.79 Å². The van der Waals surface area contributed by atoms with Gasteiger partial charge in [0.25, 0.3) is 0 Å². The molecule has 2 atom stereocenters. The second-order valence-corrected chi connectivity index (χ2v) is 5.66. The van der Waals surface area contributed by atoms with Crippen molar-refractivity contribution in [1.82, 2.24) is 10.2 Å². The van der Waals surface area contributed by atoms with Crippen molar-refractivity contribution in [2.24, 2.45) is 5.92 Å². The summed E-state index contributed by atoms with van der Waals surface area (Å²) in [4.78, 5) is 24.7. The normalized spacial score (nSPS) is 20.3. The van der Waals surface area contributed by atoms with Crippen LogP contribution in [-0.2, 0) is 9.53 Å². The Kier molecular flexibility index (Phi) is 7.01. The van der Waals surface area contributed by atoms with E-state index in [1.54, 1.807) is 23.8 Å². The Hall–Kier alpha value is -0.950. The molecule has 7 heteroatoms. The van der Waals surface area contributed by atoms with Crippen molar-refractivity contribution in [3.8, 4) is 0 Å². The van der Waals surface area contributed by atoms with Gasteiger partial charge in [0.05, 0.1) is 6.61 Å². The molecule has 0 aromatic heterocycles. The first-order chi connectivity index (χ1) is 9.08. The topological polar surface area (TPSA) is 78.9 Å². The SMILES string of the molecule is COCC1CCN(C(=O)NC(CCSC)C(=O)O)C1. The van der Waals surface area contributed by atoms with Crippen LogP contribution in [0.15, 0.2) is 0 Å². The van der Waals surface area contributed by atoms with Crippen LogP contribution in [0, 0.1) is 5.92 Å². The number of carbonyl (C=O) groups excluding carboxylic acids is 1. The maximum Gasteiger partial charge on any atom is 0.326 e. The van der Waals surface area contributed by atoms with Gasteiger partial charge in [-0.05, 0) is 24.9 Å². The van der Waals surface area contributed by atoms with Gasteiger partial charge in [-0.3, -0.25) is 0 Å². The zero-order chi connectivity index (χ0) is 14.3. The van der Waals surface area contributed by atoms with Gasteiger partial charge in [0.2, 0.25) is 0 Å². The summed E-state index contributed by atoms with van der Waals surface area (Å²) in [7, 11) is 1.64. The van der Waals surface area contributed by atoms with Crippen LogP contribution < -0.4 is 5.32 Å². The van der Waals surface area contributed by atoms with Crippen molar-refractivity contribution >= 4 is 23.8 Å². The molecule has 2 unspecified atom stereocenters. The Morgan fingerprint density at radius 3 is 2.89 bits per heavy atom. The molecule has 1 saturated heterocycles. The molecule has 1 aliphatic rings. The summed E-state index contributed by atoms with van der Waals surface area (Å²) in [5, 5.41) is 11.7. The highest BCUT2D eigenvalue weighted by Gasteiger charge is 2.28. The monoisotopic (exact) mass is 290 g/mol. The summed E-state index contributed by atoms with van der Waals surface area (Å²) in [6.07, 6.45) is 3.26. The Bertz CT molecular complexity index is 314. The lowest BCUT2D eigenvalue weighted by Crippen LogP contribution is -2.47. The van der Waals surface area contributed by atoms with Crippen molar-refractivity contribution in [3.63, 3.8) is 0 Å². The third-order valence-electron chi connectivity index (χ3n) is 3.18. The molecule has 0 bridgehead atoms. The van der Waals surface area contributed by atoms with Gasteiger partial charge in [-0.1, -0.05) is 0 Å². The minimum absolute atomic E-state index is 0.285. The lowest BCUT2D eigenvalue weighted by Gasteiger charge is -2.21. The van der Waals surface area contributed by atoms with E-state index in [0.717, 1.165) is 6.42 Å². The van der Waals surface area contributed by atoms with Gasteiger partial charge in [-0.25, -0.2) is 9.59 Å². The molecule has 6 nitrogen and oxygen atoms in total. The molecule has 0 aromatic rings. The first kappa shape index (κ1) is 16.1. The molecule has 1 aliphatic heterocycles. The number of urea groups is 1. The highest BCUT2D eigenvalue weighted by Crippen LogP contribution is 2.16. The maximum absolute atomic E-state index is 12.0. The van der Waals surface area contributed by atoms with Crippen molar-refractivity contribution in [3.05, 3.63) is 0 Å². The predicted octanol–water partition coefficient (Wildman–Crippen LogP) is 0.871. The van der Waals surface area contributed by atoms with Crippen LogP contribution in [0.1, 0.15) is 12.8 Å². The number of methoxy groups -OCH3 is 1. The minimum atomic E-state index is -0.977. The van der Waals surface area contributed by atoms with E-state index in [-0.39, 0.29) is 6.03 Å². The van der Waals surface area contributed by atoms with Crippen LogP contribution in [-0.4, -0.2) is 66.9 Å². The number of carbonyl (C=O) groups is 2.